The SMILES string of the molecule is CCCCCCCCCCCCCCCCCCCCCCCCCCCCCCCC(=O)N[C@@H](COP(=O)(O)OC1C(O)C(O)C(O)[C@@H](O)C1O)[C@H](O)CCCCCCCCCCCC. The van der Waals surface area contributed by atoms with Crippen LogP contribution in [0.4, 0.5) is 0 Å². The molecule has 13 heteroatoms. The van der Waals surface area contributed by atoms with Crippen molar-refractivity contribution in [1.82, 2.24) is 5.32 Å². The first-order valence-corrected chi connectivity index (χ1v) is 29.5. The van der Waals surface area contributed by atoms with Crippen molar-refractivity contribution in [3.05, 3.63) is 0 Å². The van der Waals surface area contributed by atoms with Gasteiger partial charge in [0.05, 0.1) is 18.8 Å². The lowest BCUT2D eigenvalue weighted by atomic mass is 9.85. The quantitative estimate of drug-likeness (QED) is 0.0213. The first-order chi connectivity index (χ1) is 31.9. The van der Waals surface area contributed by atoms with E-state index in [1.807, 2.05) is 0 Å². The monoisotopic (exact) mass is 964 g/mol. The zero-order valence-electron chi connectivity index (χ0n) is 42.5. The van der Waals surface area contributed by atoms with Gasteiger partial charge in [-0.25, -0.2) is 4.57 Å². The summed E-state index contributed by atoms with van der Waals surface area (Å²) in [6.07, 6.45) is 37.5. The van der Waals surface area contributed by atoms with E-state index in [9.17, 15) is 44.9 Å². The van der Waals surface area contributed by atoms with E-state index >= 15 is 0 Å². The Morgan fingerprint density at radius 2 is 0.727 bits per heavy atom. The van der Waals surface area contributed by atoms with Gasteiger partial charge in [-0.2, -0.15) is 0 Å². The number of hydrogen-bond acceptors (Lipinski definition) is 10. The first-order valence-electron chi connectivity index (χ1n) is 28.0. The second-order valence-electron chi connectivity index (χ2n) is 20.1. The van der Waals surface area contributed by atoms with E-state index in [0.717, 1.165) is 38.5 Å². The lowest BCUT2D eigenvalue weighted by Gasteiger charge is -2.41. The van der Waals surface area contributed by atoms with Crippen LogP contribution in [-0.2, 0) is 18.4 Å². The minimum Gasteiger partial charge on any atom is -0.391 e. The molecule has 0 aromatic heterocycles. The molecule has 1 amide bonds. The molecule has 0 saturated heterocycles. The molecule has 0 aromatic rings. The van der Waals surface area contributed by atoms with Crippen molar-refractivity contribution < 1.29 is 53.9 Å². The maximum atomic E-state index is 13.0. The van der Waals surface area contributed by atoms with Crippen molar-refractivity contribution in [2.45, 2.75) is 326 Å². The largest absolute Gasteiger partial charge is 0.472 e. The molecule has 1 aliphatic rings. The van der Waals surface area contributed by atoms with Gasteiger partial charge in [0.2, 0.25) is 5.91 Å². The predicted octanol–water partition coefficient (Wildman–Crippen LogP) is 12.2. The average Bonchev–Trinajstić information content (AvgIpc) is 3.30. The molecule has 12 nitrogen and oxygen atoms in total. The summed E-state index contributed by atoms with van der Waals surface area (Å²) in [5, 5.41) is 64.2. The smallest absolute Gasteiger partial charge is 0.391 e. The summed E-state index contributed by atoms with van der Waals surface area (Å²) in [6.45, 7) is 3.90. The Morgan fingerprint density at radius 1 is 0.455 bits per heavy atom. The van der Waals surface area contributed by atoms with Crippen LogP contribution in [0.2, 0.25) is 0 Å². The highest BCUT2D eigenvalue weighted by Gasteiger charge is 2.51. The number of unbranched alkanes of at least 4 members (excludes halogenated alkanes) is 37. The van der Waals surface area contributed by atoms with E-state index in [1.54, 1.807) is 0 Å². The lowest BCUT2D eigenvalue weighted by Crippen LogP contribution is -2.64. The summed E-state index contributed by atoms with van der Waals surface area (Å²) in [5.41, 5.74) is 0. The van der Waals surface area contributed by atoms with E-state index in [-0.39, 0.29) is 12.3 Å². The molecule has 1 fully saturated rings. The van der Waals surface area contributed by atoms with Crippen LogP contribution in [0, 0.1) is 0 Å². The molecule has 394 valence electrons. The van der Waals surface area contributed by atoms with Crippen molar-refractivity contribution in [3.63, 3.8) is 0 Å². The minimum atomic E-state index is -5.05. The van der Waals surface area contributed by atoms with Gasteiger partial charge in [0.1, 0.15) is 36.6 Å². The van der Waals surface area contributed by atoms with E-state index in [2.05, 4.69) is 19.2 Å². The number of phosphoric acid groups is 1. The van der Waals surface area contributed by atoms with E-state index in [1.165, 1.54) is 199 Å². The molecule has 0 spiro atoms. The van der Waals surface area contributed by atoms with E-state index in [0.29, 0.717) is 19.3 Å². The maximum absolute atomic E-state index is 13.0. The third-order valence-electron chi connectivity index (χ3n) is 13.9. The zero-order valence-corrected chi connectivity index (χ0v) is 43.4. The van der Waals surface area contributed by atoms with Crippen LogP contribution in [0.5, 0.6) is 0 Å². The molecular weight excluding hydrogens is 858 g/mol. The standard InChI is InChI=1S/C53H106NO11P/c1-3-5-7-9-11-13-15-16-17-18-19-20-21-22-23-24-25-26-27-28-29-30-31-32-33-35-37-39-41-43-47(56)54-45(46(55)42-40-38-36-34-14-12-10-8-6-4-2)44-64-66(62,63)65-53-51(60)49(58)48(57)50(59)52(53)61/h45-46,48-53,55,57-61H,3-44H2,1-2H3,(H,54,56)(H,62,63)/t45-,46+,48?,49+,50?,51?,52?,53?/m0/s1. The Hall–Kier alpha value is -0.660. The molecule has 0 radical (unpaired) electrons. The number of amides is 1. The van der Waals surface area contributed by atoms with Crippen LogP contribution in [-0.4, -0.2) is 96.8 Å². The normalized spacial score (nSPS) is 21.8. The van der Waals surface area contributed by atoms with E-state index in [4.69, 9.17) is 9.05 Å². The number of phosphoric ester groups is 1. The van der Waals surface area contributed by atoms with Gasteiger partial charge in [0.25, 0.3) is 0 Å². The molecule has 0 bridgehead atoms. The lowest BCUT2D eigenvalue weighted by molar-refractivity contribution is -0.220. The van der Waals surface area contributed by atoms with E-state index < -0.39 is 63.2 Å². The van der Waals surface area contributed by atoms with Gasteiger partial charge in [0.15, 0.2) is 0 Å². The second-order valence-corrected chi connectivity index (χ2v) is 21.6. The molecule has 6 unspecified atom stereocenters. The fraction of sp³-hybridized carbons (Fsp3) is 0.981. The van der Waals surface area contributed by atoms with Gasteiger partial charge in [-0.05, 0) is 12.8 Å². The maximum Gasteiger partial charge on any atom is 0.472 e. The van der Waals surface area contributed by atoms with Crippen molar-refractivity contribution in [3.8, 4) is 0 Å². The van der Waals surface area contributed by atoms with Gasteiger partial charge in [-0.15, -0.1) is 0 Å². The Bertz CT molecular complexity index is 1120. The summed E-state index contributed by atoms with van der Waals surface area (Å²) in [4.78, 5) is 23.5. The highest BCUT2D eigenvalue weighted by Crippen LogP contribution is 2.47. The number of carbonyl (C=O) groups excluding carboxylic acids is 1. The summed E-state index contributed by atoms with van der Waals surface area (Å²) in [5.74, 6) is -0.303. The van der Waals surface area contributed by atoms with Crippen LogP contribution in [0.1, 0.15) is 277 Å². The molecule has 66 heavy (non-hydrogen) atoms. The van der Waals surface area contributed by atoms with Gasteiger partial charge < -0.3 is 40.8 Å². The molecule has 1 aliphatic carbocycles. The Morgan fingerprint density at radius 3 is 1.05 bits per heavy atom. The van der Waals surface area contributed by atoms with Crippen LogP contribution in [0.3, 0.4) is 0 Å². The molecule has 1 rings (SSSR count). The van der Waals surface area contributed by atoms with Crippen molar-refractivity contribution in [2.75, 3.05) is 6.61 Å². The van der Waals surface area contributed by atoms with Gasteiger partial charge in [0, 0.05) is 6.42 Å². The summed E-state index contributed by atoms with van der Waals surface area (Å²) in [7, 11) is -5.05. The molecule has 8 N–H and O–H groups in total. The summed E-state index contributed by atoms with van der Waals surface area (Å²) in [6, 6.07) is -1.02. The zero-order chi connectivity index (χ0) is 48.5. The average molecular weight is 964 g/mol. The molecule has 0 aromatic carbocycles. The summed E-state index contributed by atoms with van der Waals surface area (Å²) >= 11 is 0. The third kappa shape index (κ3) is 33.8. The van der Waals surface area contributed by atoms with Crippen LogP contribution < -0.4 is 5.32 Å². The number of aliphatic hydroxyl groups excluding tert-OH is 6. The summed E-state index contributed by atoms with van der Waals surface area (Å²) < 4.78 is 23.0. The fourth-order valence-electron chi connectivity index (χ4n) is 9.38. The Kier molecular flexibility index (Phi) is 41.4. The van der Waals surface area contributed by atoms with Gasteiger partial charge >= 0.3 is 7.82 Å². The fourth-order valence-corrected chi connectivity index (χ4v) is 10.3. The Labute approximate surface area is 404 Å². The molecule has 1 saturated carbocycles. The number of rotatable bonds is 48. The number of aliphatic hydroxyl groups is 6. The van der Waals surface area contributed by atoms with Crippen molar-refractivity contribution in [2.24, 2.45) is 0 Å². The highest BCUT2D eigenvalue weighted by molar-refractivity contribution is 7.47. The number of nitrogens with one attached hydrogen (secondary N) is 1. The first kappa shape index (κ1) is 63.4. The second kappa shape index (κ2) is 43.2. The van der Waals surface area contributed by atoms with Crippen LogP contribution in [0.25, 0.3) is 0 Å². The number of hydrogen-bond donors (Lipinski definition) is 8. The molecule has 0 heterocycles. The third-order valence-corrected chi connectivity index (χ3v) is 14.9. The highest BCUT2D eigenvalue weighted by atomic mass is 31.2. The van der Waals surface area contributed by atoms with Crippen molar-refractivity contribution >= 4 is 13.7 Å². The molecular formula is C53H106NO11P. The van der Waals surface area contributed by atoms with Gasteiger partial charge in [-0.3, -0.25) is 13.8 Å². The topological polar surface area (TPSA) is 206 Å². The molecule has 0 aliphatic heterocycles. The minimum absolute atomic E-state index is 0.243. The number of carbonyl (C=O) groups is 1. The molecule has 9 atom stereocenters. The van der Waals surface area contributed by atoms with Crippen molar-refractivity contribution in [1.29, 1.82) is 0 Å². The van der Waals surface area contributed by atoms with Crippen LogP contribution in [0.15, 0.2) is 0 Å². The predicted molar refractivity (Wildman–Crippen MR) is 269 cm³/mol. The van der Waals surface area contributed by atoms with Crippen LogP contribution >= 0.6 is 7.82 Å². The Balaban J connectivity index is 2.20. The van der Waals surface area contributed by atoms with Gasteiger partial charge in [-0.1, -0.05) is 258 Å².